The summed E-state index contributed by atoms with van der Waals surface area (Å²) in [5.74, 6) is 1.07. The van der Waals surface area contributed by atoms with Gasteiger partial charge in [-0.05, 0) is 43.1 Å². The lowest BCUT2D eigenvalue weighted by Gasteiger charge is -2.26. The van der Waals surface area contributed by atoms with E-state index in [9.17, 15) is 4.39 Å². The molecule has 122 valence electrons. The number of hydrogen-bond donors (Lipinski definition) is 0. The van der Waals surface area contributed by atoms with Crippen molar-refractivity contribution in [3.05, 3.63) is 59.9 Å². The van der Waals surface area contributed by atoms with E-state index in [-0.39, 0.29) is 5.82 Å². The molecule has 0 amide bonds. The predicted octanol–water partition coefficient (Wildman–Crippen LogP) is 3.88. The Morgan fingerprint density at radius 3 is 2.61 bits per heavy atom. The van der Waals surface area contributed by atoms with Crippen molar-refractivity contribution in [3.8, 4) is 11.5 Å². The summed E-state index contributed by atoms with van der Waals surface area (Å²) < 4.78 is 24.8. The van der Waals surface area contributed by atoms with Gasteiger partial charge < -0.3 is 9.47 Å². The molecule has 3 nitrogen and oxygen atoms in total. The first kappa shape index (κ1) is 16.0. The van der Waals surface area contributed by atoms with E-state index in [0.29, 0.717) is 5.75 Å². The molecule has 2 aromatic carbocycles. The molecule has 0 radical (unpaired) electrons. The average molecular weight is 315 g/mol. The summed E-state index contributed by atoms with van der Waals surface area (Å²) in [7, 11) is 0. The third kappa shape index (κ3) is 4.78. The molecule has 1 aliphatic heterocycles. The van der Waals surface area contributed by atoms with Crippen LogP contribution in [0, 0.1) is 5.82 Å². The number of rotatable bonds is 6. The van der Waals surface area contributed by atoms with Crippen LogP contribution in [0.3, 0.4) is 0 Å². The summed E-state index contributed by atoms with van der Waals surface area (Å²) in [4.78, 5) is 2.41. The monoisotopic (exact) mass is 315 g/mol. The topological polar surface area (TPSA) is 21.7 Å². The van der Waals surface area contributed by atoms with Crippen molar-refractivity contribution < 1.29 is 13.9 Å². The molecule has 0 atom stereocenters. The van der Waals surface area contributed by atoms with Gasteiger partial charge in [0.25, 0.3) is 0 Å². The fourth-order valence-corrected chi connectivity index (χ4v) is 2.76. The van der Waals surface area contributed by atoms with E-state index in [4.69, 9.17) is 9.47 Å². The van der Waals surface area contributed by atoms with Crippen LogP contribution < -0.4 is 4.74 Å². The molecule has 23 heavy (non-hydrogen) atoms. The number of halogens is 1. The zero-order valence-electron chi connectivity index (χ0n) is 13.2. The minimum absolute atomic E-state index is 0.270. The Balaban J connectivity index is 1.61. The van der Waals surface area contributed by atoms with Crippen LogP contribution in [-0.2, 0) is 11.2 Å². The van der Waals surface area contributed by atoms with E-state index in [2.05, 4.69) is 4.90 Å². The highest BCUT2D eigenvalue weighted by atomic mass is 19.1. The smallest absolute Gasteiger partial charge is 0.133 e. The lowest BCUT2D eigenvalue weighted by Crippen LogP contribution is -2.36. The molecule has 2 aromatic rings. The normalized spacial score (nSPS) is 15.5. The second-order valence-corrected chi connectivity index (χ2v) is 5.72. The Kier molecular flexibility index (Phi) is 5.61. The van der Waals surface area contributed by atoms with E-state index >= 15 is 0 Å². The van der Waals surface area contributed by atoms with Gasteiger partial charge in [0.1, 0.15) is 17.3 Å². The van der Waals surface area contributed by atoms with Crippen molar-refractivity contribution in [1.29, 1.82) is 0 Å². The number of morpholine rings is 1. The molecule has 0 aliphatic carbocycles. The van der Waals surface area contributed by atoms with Crippen LogP contribution >= 0.6 is 0 Å². The summed E-state index contributed by atoms with van der Waals surface area (Å²) in [6, 6.07) is 14.3. The Labute approximate surface area is 136 Å². The molecule has 1 aliphatic rings. The Bertz CT molecular complexity index is 612. The summed E-state index contributed by atoms with van der Waals surface area (Å²) in [6.45, 7) is 4.66. The van der Waals surface area contributed by atoms with Crippen molar-refractivity contribution in [3.63, 3.8) is 0 Å². The van der Waals surface area contributed by atoms with Gasteiger partial charge in [0.2, 0.25) is 0 Å². The SMILES string of the molecule is Fc1ccc(CCCN2CCOCC2)c(Oc2ccccc2)c1. The zero-order chi connectivity index (χ0) is 15.9. The molecule has 0 aromatic heterocycles. The summed E-state index contributed by atoms with van der Waals surface area (Å²) in [6.07, 6.45) is 1.90. The van der Waals surface area contributed by atoms with Gasteiger partial charge >= 0.3 is 0 Å². The molecule has 1 fully saturated rings. The van der Waals surface area contributed by atoms with Crippen molar-refractivity contribution in [1.82, 2.24) is 4.90 Å². The molecule has 0 spiro atoms. The van der Waals surface area contributed by atoms with Gasteiger partial charge in [-0.3, -0.25) is 4.90 Å². The van der Waals surface area contributed by atoms with Crippen LogP contribution in [0.1, 0.15) is 12.0 Å². The van der Waals surface area contributed by atoms with Crippen molar-refractivity contribution >= 4 is 0 Å². The molecule has 0 N–H and O–H groups in total. The van der Waals surface area contributed by atoms with Gasteiger partial charge in [-0.2, -0.15) is 0 Å². The van der Waals surface area contributed by atoms with Gasteiger partial charge in [-0.25, -0.2) is 4.39 Å². The van der Waals surface area contributed by atoms with Crippen LogP contribution in [0.5, 0.6) is 11.5 Å². The Morgan fingerprint density at radius 1 is 1.04 bits per heavy atom. The number of nitrogens with zero attached hydrogens (tertiary/aromatic N) is 1. The number of aryl methyl sites for hydroxylation is 1. The van der Waals surface area contributed by atoms with Gasteiger partial charge in [0.15, 0.2) is 0 Å². The van der Waals surface area contributed by atoms with E-state index in [0.717, 1.165) is 57.0 Å². The maximum atomic E-state index is 13.6. The van der Waals surface area contributed by atoms with Gasteiger partial charge in [0.05, 0.1) is 13.2 Å². The molecule has 0 bridgehead atoms. The summed E-state index contributed by atoms with van der Waals surface area (Å²) >= 11 is 0. The predicted molar refractivity (Wildman–Crippen MR) is 88.5 cm³/mol. The fraction of sp³-hybridized carbons (Fsp3) is 0.368. The standard InChI is InChI=1S/C19H22FNO2/c20-17-9-8-16(5-4-10-21-11-13-22-14-12-21)19(15-17)23-18-6-2-1-3-7-18/h1-3,6-9,15H,4-5,10-14H2. The van der Waals surface area contributed by atoms with Crippen molar-refractivity contribution in [2.45, 2.75) is 12.8 Å². The first-order valence-corrected chi connectivity index (χ1v) is 8.13. The minimum Gasteiger partial charge on any atom is -0.457 e. The van der Waals surface area contributed by atoms with Crippen LogP contribution in [0.15, 0.2) is 48.5 Å². The molecular weight excluding hydrogens is 293 g/mol. The lowest BCUT2D eigenvalue weighted by atomic mass is 10.1. The molecule has 1 heterocycles. The fourth-order valence-electron chi connectivity index (χ4n) is 2.76. The largest absolute Gasteiger partial charge is 0.457 e. The molecule has 0 saturated carbocycles. The quantitative estimate of drug-likeness (QED) is 0.807. The highest BCUT2D eigenvalue weighted by Gasteiger charge is 2.11. The second kappa shape index (κ2) is 8.09. The summed E-state index contributed by atoms with van der Waals surface area (Å²) in [5.41, 5.74) is 1.04. The van der Waals surface area contributed by atoms with E-state index in [1.54, 1.807) is 0 Å². The molecule has 3 rings (SSSR count). The van der Waals surface area contributed by atoms with Crippen LogP contribution in [-0.4, -0.2) is 37.7 Å². The third-order valence-corrected chi connectivity index (χ3v) is 4.02. The molecule has 0 unspecified atom stereocenters. The molecular formula is C19H22FNO2. The van der Waals surface area contributed by atoms with E-state index < -0.39 is 0 Å². The lowest BCUT2D eigenvalue weighted by molar-refractivity contribution is 0.0374. The Hall–Kier alpha value is -1.91. The maximum absolute atomic E-state index is 13.6. The van der Waals surface area contributed by atoms with Gasteiger partial charge in [-0.15, -0.1) is 0 Å². The number of hydrogen-bond acceptors (Lipinski definition) is 3. The minimum atomic E-state index is -0.270. The third-order valence-electron chi connectivity index (χ3n) is 4.02. The van der Waals surface area contributed by atoms with Crippen LogP contribution in [0.2, 0.25) is 0 Å². The maximum Gasteiger partial charge on any atom is 0.133 e. The van der Waals surface area contributed by atoms with Gasteiger partial charge in [0, 0.05) is 19.2 Å². The number of ether oxygens (including phenoxy) is 2. The van der Waals surface area contributed by atoms with E-state index in [1.807, 2.05) is 36.4 Å². The highest BCUT2D eigenvalue weighted by molar-refractivity contribution is 5.38. The number of para-hydroxylation sites is 1. The highest BCUT2D eigenvalue weighted by Crippen LogP contribution is 2.27. The van der Waals surface area contributed by atoms with E-state index in [1.165, 1.54) is 12.1 Å². The molecule has 1 saturated heterocycles. The van der Waals surface area contributed by atoms with Crippen molar-refractivity contribution in [2.24, 2.45) is 0 Å². The Morgan fingerprint density at radius 2 is 1.83 bits per heavy atom. The molecule has 4 heteroatoms. The first-order valence-electron chi connectivity index (χ1n) is 8.13. The zero-order valence-corrected chi connectivity index (χ0v) is 13.2. The van der Waals surface area contributed by atoms with Gasteiger partial charge in [-0.1, -0.05) is 24.3 Å². The summed E-state index contributed by atoms with van der Waals surface area (Å²) in [5, 5.41) is 0. The van der Waals surface area contributed by atoms with Crippen LogP contribution in [0.4, 0.5) is 4.39 Å². The van der Waals surface area contributed by atoms with Crippen molar-refractivity contribution in [2.75, 3.05) is 32.8 Å². The average Bonchev–Trinajstić information content (AvgIpc) is 2.59. The van der Waals surface area contributed by atoms with Crippen LogP contribution in [0.25, 0.3) is 0 Å². The second-order valence-electron chi connectivity index (χ2n) is 5.72. The first-order chi connectivity index (χ1) is 11.3. The number of benzene rings is 2.